The van der Waals surface area contributed by atoms with Crippen LogP contribution in [0.1, 0.15) is 51.4 Å². The lowest BCUT2D eigenvalue weighted by Gasteiger charge is -2.40. The summed E-state index contributed by atoms with van der Waals surface area (Å²) >= 11 is 0. The van der Waals surface area contributed by atoms with Crippen molar-refractivity contribution in [2.75, 3.05) is 19.0 Å². The minimum absolute atomic E-state index is 0.119. The molecular formula is C25H36NO3P. The highest BCUT2D eigenvalue weighted by Crippen LogP contribution is 2.60. The first-order valence-electron chi connectivity index (χ1n) is 11.0. The van der Waals surface area contributed by atoms with Gasteiger partial charge in [0.1, 0.15) is 0 Å². The van der Waals surface area contributed by atoms with E-state index in [0.29, 0.717) is 28.6 Å². The molecular weight excluding hydrogens is 393 g/mol. The molecule has 0 radical (unpaired) electrons. The number of aliphatic hydroxyl groups excluding tert-OH is 1. The van der Waals surface area contributed by atoms with Crippen LogP contribution in [0.3, 0.4) is 0 Å². The smallest absolute Gasteiger partial charge is 0.264 e. The Morgan fingerprint density at radius 1 is 1.03 bits per heavy atom. The van der Waals surface area contributed by atoms with Gasteiger partial charge in [0.15, 0.2) is 5.85 Å². The summed E-state index contributed by atoms with van der Waals surface area (Å²) in [4.78, 5) is 2.00. The molecule has 0 heterocycles. The van der Waals surface area contributed by atoms with Gasteiger partial charge in [0, 0.05) is 25.1 Å². The Hall–Kier alpha value is -1.61. The Morgan fingerprint density at radius 3 is 2.23 bits per heavy atom. The minimum Gasteiger partial charge on any atom is -0.378 e. The third kappa shape index (κ3) is 4.99. The van der Waals surface area contributed by atoms with E-state index in [0.717, 1.165) is 18.5 Å². The fourth-order valence-electron chi connectivity index (χ4n) is 4.48. The minimum atomic E-state index is -3.57. The van der Waals surface area contributed by atoms with Crippen LogP contribution in [0.2, 0.25) is 0 Å². The molecule has 3 rings (SSSR count). The van der Waals surface area contributed by atoms with Crippen molar-refractivity contribution in [1.82, 2.24) is 0 Å². The Bertz CT molecular complexity index is 850. The van der Waals surface area contributed by atoms with Crippen molar-refractivity contribution < 1.29 is 14.2 Å². The van der Waals surface area contributed by atoms with Gasteiger partial charge in [-0.1, -0.05) is 57.5 Å². The summed E-state index contributed by atoms with van der Waals surface area (Å²) in [6, 6.07) is 16.8. The number of anilines is 1. The van der Waals surface area contributed by atoms with Crippen molar-refractivity contribution in [3.05, 3.63) is 60.2 Å². The SMILES string of the molecule is CC(C)[C@@H]1CC[C@@H](C)C[C@H]1OP(=O)(c1ccc(N(C)C)cc1)C(O)c1ccccc1. The monoisotopic (exact) mass is 429 g/mol. The van der Waals surface area contributed by atoms with E-state index in [1.165, 1.54) is 6.42 Å². The predicted molar refractivity (Wildman–Crippen MR) is 126 cm³/mol. The van der Waals surface area contributed by atoms with Gasteiger partial charge < -0.3 is 14.5 Å². The van der Waals surface area contributed by atoms with E-state index >= 15 is 0 Å². The van der Waals surface area contributed by atoms with Crippen molar-refractivity contribution in [3.8, 4) is 0 Å². The van der Waals surface area contributed by atoms with Crippen molar-refractivity contribution in [2.45, 2.75) is 52.0 Å². The molecule has 0 bridgehead atoms. The Kier molecular flexibility index (Phi) is 7.44. The zero-order valence-electron chi connectivity index (χ0n) is 18.9. The highest BCUT2D eigenvalue weighted by Gasteiger charge is 2.42. The second kappa shape index (κ2) is 9.68. The van der Waals surface area contributed by atoms with E-state index in [9.17, 15) is 9.67 Å². The van der Waals surface area contributed by atoms with Gasteiger partial charge in [-0.25, -0.2) is 0 Å². The van der Waals surface area contributed by atoms with Crippen LogP contribution in [-0.4, -0.2) is 25.3 Å². The Balaban J connectivity index is 2.01. The third-order valence-electron chi connectivity index (χ3n) is 6.40. The molecule has 0 saturated heterocycles. The van der Waals surface area contributed by atoms with Crippen LogP contribution in [-0.2, 0) is 9.09 Å². The van der Waals surface area contributed by atoms with E-state index in [-0.39, 0.29) is 6.10 Å². The maximum Gasteiger partial charge on any atom is 0.264 e. The highest BCUT2D eigenvalue weighted by molar-refractivity contribution is 7.67. The molecule has 0 amide bonds. The second-order valence-corrected chi connectivity index (χ2v) is 11.7. The van der Waals surface area contributed by atoms with E-state index in [1.54, 1.807) is 0 Å². The van der Waals surface area contributed by atoms with Crippen molar-refractivity contribution in [3.63, 3.8) is 0 Å². The van der Waals surface area contributed by atoms with Gasteiger partial charge in [-0.15, -0.1) is 0 Å². The molecule has 2 aromatic carbocycles. The van der Waals surface area contributed by atoms with E-state index < -0.39 is 13.2 Å². The number of benzene rings is 2. The van der Waals surface area contributed by atoms with Crippen LogP contribution in [0.4, 0.5) is 5.69 Å². The highest BCUT2D eigenvalue weighted by atomic mass is 31.2. The van der Waals surface area contributed by atoms with Gasteiger partial charge in [-0.3, -0.25) is 4.57 Å². The second-order valence-electron chi connectivity index (χ2n) is 9.26. The van der Waals surface area contributed by atoms with E-state index in [1.807, 2.05) is 73.6 Å². The van der Waals surface area contributed by atoms with Gasteiger partial charge >= 0.3 is 0 Å². The average molecular weight is 430 g/mol. The number of nitrogens with zero attached hydrogens (tertiary/aromatic N) is 1. The van der Waals surface area contributed by atoms with Gasteiger partial charge in [-0.05, 0) is 60.4 Å². The summed E-state index contributed by atoms with van der Waals surface area (Å²) in [5.74, 6) is 0.136. The van der Waals surface area contributed by atoms with Crippen molar-refractivity contribution >= 4 is 18.4 Å². The first-order valence-corrected chi connectivity index (χ1v) is 12.7. The third-order valence-corrected chi connectivity index (χ3v) is 8.94. The fraction of sp³-hybridized carbons (Fsp3) is 0.520. The van der Waals surface area contributed by atoms with Crippen LogP contribution >= 0.6 is 7.37 Å². The summed E-state index contributed by atoms with van der Waals surface area (Å²) in [7, 11) is 0.376. The van der Waals surface area contributed by atoms with Crippen molar-refractivity contribution in [1.29, 1.82) is 0 Å². The molecule has 1 saturated carbocycles. The summed E-state index contributed by atoms with van der Waals surface area (Å²) in [6.07, 6.45) is 3.01. The Labute approximate surface area is 181 Å². The summed E-state index contributed by atoms with van der Waals surface area (Å²) in [6.45, 7) is 6.65. The molecule has 1 aliphatic carbocycles. The van der Waals surface area contributed by atoms with Gasteiger partial charge in [0.05, 0.1) is 6.10 Å². The Morgan fingerprint density at radius 2 is 1.67 bits per heavy atom. The van der Waals surface area contributed by atoms with E-state index in [4.69, 9.17) is 4.52 Å². The largest absolute Gasteiger partial charge is 0.378 e. The molecule has 30 heavy (non-hydrogen) atoms. The standard InChI is InChI=1S/C25H36NO3P/c1-18(2)23-16-11-19(3)17-24(23)29-30(28,25(27)20-9-7-6-8-10-20)22-14-12-21(13-15-22)26(4)5/h6-10,12-15,18-19,23-25,27H,11,16-17H2,1-5H3/t19-,23+,24-,25?,30?/m1/s1. The zero-order valence-corrected chi connectivity index (χ0v) is 19.8. The molecule has 5 atom stereocenters. The first kappa shape index (κ1) is 23.1. The van der Waals surface area contributed by atoms with Crippen molar-refractivity contribution in [2.24, 2.45) is 17.8 Å². The number of aliphatic hydroxyl groups is 1. The van der Waals surface area contributed by atoms with Crippen LogP contribution < -0.4 is 10.2 Å². The lowest BCUT2D eigenvalue weighted by molar-refractivity contribution is 0.0427. The quantitative estimate of drug-likeness (QED) is 0.563. The molecule has 2 aromatic rings. The number of hydrogen-bond acceptors (Lipinski definition) is 4. The topological polar surface area (TPSA) is 49.8 Å². The maximum absolute atomic E-state index is 14.5. The molecule has 1 aliphatic rings. The molecule has 1 fully saturated rings. The predicted octanol–water partition coefficient (Wildman–Crippen LogP) is 5.82. The van der Waals surface area contributed by atoms with Crippen LogP contribution in [0.25, 0.3) is 0 Å². The normalized spacial score (nSPS) is 25.0. The van der Waals surface area contributed by atoms with Gasteiger partial charge in [-0.2, -0.15) is 0 Å². The summed E-state index contributed by atoms with van der Waals surface area (Å²) in [5, 5.41) is 11.9. The van der Waals surface area contributed by atoms with Gasteiger partial charge in [0.25, 0.3) is 7.37 Å². The lowest BCUT2D eigenvalue weighted by atomic mass is 9.75. The summed E-state index contributed by atoms with van der Waals surface area (Å²) in [5.41, 5.74) is 1.65. The molecule has 164 valence electrons. The molecule has 0 aliphatic heterocycles. The summed E-state index contributed by atoms with van der Waals surface area (Å²) < 4.78 is 21.0. The molecule has 2 unspecified atom stereocenters. The fourth-order valence-corrected chi connectivity index (χ4v) is 6.77. The van der Waals surface area contributed by atoms with Crippen LogP contribution in [0, 0.1) is 17.8 Å². The maximum atomic E-state index is 14.5. The van der Waals surface area contributed by atoms with Gasteiger partial charge in [0.2, 0.25) is 0 Å². The van der Waals surface area contributed by atoms with Crippen LogP contribution in [0.5, 0.6) is 0 Å². The molecule has 0 spiro atoms. The average Bonchev–Trinajstić information content (AvgIpc) is 2.73. The molecule has 1 N–H and O–H groups in total. The van der Waals surface area contributed by atoms with Crippen LogP contribution in [0.15, 0.2) is 54.6 Å². The van der Waals surface area contributed by atoms with E-state index in [2.05, 4.69) is 20.8 Å². The first-order chi connectivity index (χ1) is 14.2. The molecule has 5 heteroatoms. The number of rotatable bonds is 7. The molecule has 0 aromatic heterocycles. The zero-order chi connectivity index (χ0) is 21.9. The molecule has 4 nitrogen and oxygen atoms in total. The number of hydrogen-bond donors (Lipinski definition) is 1. The lowest BCUT2D eigenvalue weighted by Crippen LogP contribution is -2.35.